The van der Waals surface area contributed by atoms with Gasteiger partial charge in [-0.1, -0.05) is 11.8 Å². The van der Waals surface area contributed by atoms with Gasteiger partial charge in [-0.3, -0.25) is 0 Å². The molecule has 1 atom stereocenters. The van der Waals surface area contributed by atoms with Crippen molar-refractivity contribution >= 4 is 23.1 Å². The molecule has 17 heavy (non-hydrogen) atoms. The Hall–Kier alpha value is -0.910. The Morgan fingerprint density at radius 1 is 1.47 bits per heavy atom. The van der Waals surface area contributed by atoms with Gasteiger partial charge in [0.1, 0.15) is 5.82 Å². The van der Waals surface area contributed by atoms with Crippen molar-refractivity contribution in [3.05, 3.63) is 40.7 Å². The topological polar surface area (TPSA) is 38.9 Å². The van der Waals surface area contributed by atoms with Crippen LogP contribution in [-0.4, -0.2) is 4.98 Å². The van der Waals surface area contributed by atoms with Crippen molar-refractivity contribution in [2.24, 2.45) is 5.73 Å². The molecule has 2 nitrogen and oxygen atoms in total. The monoisotopic (exact) mass is 268 g/mol. The van der Waals surface area contributed by atoms with Gasteiger partial charge >= 0.3 is 0 Å². The minimum absolute atomic E-state index is 0.186. The number of aryl methyl sites for hydroxylation is 1. The van der Waals surface area contributed by atoms with Crippen LogP contribution in [0.15, 0.2) is 32.8 Å². The van der Waals surface area contributed by atoms with E-state index in [4.69, 9.17) is 5.73 Å². The molecular formula is C12H13FN2S2. The van der Waals surface area contributed by atoms with Crippen LogP contribution >= 0.6 is 23.1 Å². The summed E-state index contributed by atoms with van der Waals surface area (Å²) in [5, 5.41) is 2.00. The summed E-state index contributed by atoms with van der Waals surface area (Å²) in [6, 6.07) is 4.52. The number of benzene rings is 1. The molecule has 1 heterocycles. The summed E-state index contributed by atoms with van der Waals surface area (Å²) >= 11 is 3.12. The molecule has 0 unspecified atom stereocenters. The van der Waals surface area contributed by atoms with Crippen molar-refractivity contribution in [2.45, 2.75) is 29.1 Å². The lowest BCUT2D eigenvalue weighted by Gasteiger charge is -2.11. The van der Waals surface area contributed by atoms with E-state index < -0.39 is 0 Å². The highest BCUT2D eigenvalue weighted by atomic mass is 32.2. The second kappa shape index (κ2) is 5.16. The average molecular weight is 268 g/mol. The summed E-state index contributed by atoms with van der Waals surface area (Å²) in [6.07, 6.45) is 0. The van der Waals surface area contributed by atoms with Crippen molar-refractivity contribution < 1.29 is 4.39 Å². The van der Waals surface area contributed by atoms with E-state index in [2.05, 4.69) is 4.98 Å². The molecule has 2 aromatic rings. The van der Waals surface area contributed by atoms with E-state index in [0.29, 0.717) is 0 Å². The molecule has 0 spiro atoms. The van der Waals surface area contributed by atoms with E-state index in [1.54, 1.807) is 17.4 Å². The molecule has 90 valence electrons. The number of hydrogen-bond acceptors (Lipinski definition) is 4. The zero-order valence-corrected chi connectivity index (χ0v) is 11.2. The predicted octanol–water partition coefficient (Wildman–Crippen LogP) is 3.76. The molecular weight excluding hydrogens is 255 g/mol. The Morgan fingerprint density at radius 2 is 2.24 bits per heavy atom. The molecule has 0 amide bonds. The minimum Gasteiger partial charge on any atom is -0.324 e. The molecule has 0 radical (unpaired) electrons. The van der Waals surface area contributed by atoms with Crippen LogP contribution in [0.3, 0.4) is 0 Å². The van der Waals surface area contributed by atoms with Crippen LogP contribution in [0.1, 0.15) is 24.2 Å². The third-order valence-corrected chi connectivity index (χ3v) is 4.41. The predicted molar refractivity (Wildman–Crippen MR) is 70.0 cm³/mol. The smallest absolute Gasteiger partial charge is 0.154 e. The van der Waals surface area contributed by atoms with Gasteiger partial charge in [0.05, 0.1) is 0 Å². The Labute approximate surface area is 108 Å². The summed E-state index contributed by atoms with van der Waals surface area (Å²) in [5.74, 6) is -0.253. The van der Waals surface area contributed by atoms with Crippen molar-refractivity contribution in [3.63, 3.8) is 0 Å². The SMILES string of the molecule is Cc1csc(Sc2ccc(F)cc2[C@@H](C)N)n1. The number of nitrogens with two attached hydrogens (primary N) is 1. The first-order valence-corrected chi connectivity index (χ1v) is 6.91. The summed E-state index contributed by atoms with van der Waals surface area (Å²) in [4.78, 5) is 5.34. The molecule has 0 saturated carbocycles. The van der Waals surface area contributed by atoms with Gasteiger partial charge in [-0.25, -0.2) is 9.37 Å². The molecule has 0 aliphatic carbocycles. The zero-order chi connectivity index (χ0) is 12.4. The van der Waals surface area contributed by atoms with Crippen LogP contribution < -0.4 is 5.73 Å². The first-order valence-electron chi connectivity index (χ1n) is 5.21. The Bertz CT molecular complexity index is 523. The van der Waals surface area contributed by atoms with E-state index in [1.807, 2.05) is 19.2 Å². The molecule has 0 bridgehead atoms. The third kappa shape index (κ3) is 3.06. The van der Waals surface area contributed by atoms with Crippen LogP contribution in [0, 0.1) is 12.7 Å². The van der Waals surface area contributed by atoms with Crippen molar-refractivity contribution in [1.29, 1.82) is 0 Å². The van der Waals surface area contributed by atoms with E-state index in [0.717, 1.165) is 20.5 Å². The second-order valence-electron chi connectivity index (χ2n) is 3.83. The number of hydrogen-bond donors (Lipinski definition) is 1. The maximum atomic E-state index is 13.2. The first kappa shape index (κ1) is 12.5. The van der Waals surface area contributed by atoms with Crippen LogP contribution in [-0.2, 0) is 0 Å². The number of thiazole rings is 1. The molecule has 2 rings (SSSR count). The van der Waals surface area contributed by atoms with Crippen molar-refractivity contribution in [2.75, 3.05) is 0 Å². The molecule has 0 saturated heterocycles. The fraction of sp³-hybridized carbons (Fsp3) is 0.250. The van der Waals surface area contributed by atoms with Crippen LogP contribution in [0.5, 0.6) is 0 Å². The number of nitrogens with zero attached hydrogens (tertiary/aromatic N) is 1. The molecule has 5 heteroatoms. The molecule has 0 aliphatic heterocycles. The van der Waals surface area contributed by atoms with E-state index in [-0.39, 0.29) is 11.9 Å². The molecule has 2 N–H and O–H groups in total. The molecule has 0 aliphatic rings. The minimum atomic E-state index is -0.253. The molecule has 1 aromatic carbocycles. The lowest BCUT2D eigenvalue weighted by atomic mass is 10.1. The maximum absolute atomic E-state index is 13.2. The lowest BCUT2D eigenvalue weighted by molar-refractivity contribution is 0.619. The quantitative estimate of drug-likeness (QED) is 0.921. The van der Waals surface area contributed by atoms with Crippen molar-refractivity contribution in [3.8, 4) is 0 Å². The highest BCUT2D eigenvalue weighted by Crippen LogP contribution is 2.34. The van der Waals surface area contributed by atoms with Gasteiger partial charge in [-0.15, -0.1) is 11.3 Å². The Kier molecular flexibility index (Phi) is 3.81. The normalized spacial score (nSPS) is 12.7. The second-order valence-corrected chi connectivity index (χ2v) is 5.97. The third-order valence-electron chi connectivity index (χ3n) is 2.26. The Morgan fingerprint density at radius 3 is 2.82 bits per heavy atom. The van der Waals surface area contributed by atoms with Crippen LogP contribution in [0.25, 0.3) is 0 Å². The summed E-state index contributed by atoms with van der Waals surface area (Å²) in [5.41, 5.74) is 7.67. The summed E-state index contributed by atoms with van der Waals surface area (Å²) in [6.45, 7) is 3.81. The summed E-state index contributed by atoms with van der Waals surface area (Å²) in [7, 11) is 0. The fourth-order valence-electron chi connectivity index (χ4n) is 1.44. The number of rotatable bonds is 3. The van der Waals surface area contributed by atoms with Crippen LogP contribution in [0.4, 0.5) is 4.39 Å². The van der Waals surface area contributed by atoms with Gasteiger partial charge in [-0.05, 0) is 37.6 Å². The van der Waals surface area contributed by atoms with Crippen molar-refractivity contribution in [1.82, 2.24) is 4.98 Å². The van der Waals surface area contributed by atoms with Gasteiger partial charge in [0, 0.05) is 22.0 Å². The van der Waals surface area contributed by atoms with E-state index >= 15 is 0 Å². The molecule has 0 fully saturated rings. The highest BCUT2D eigenvalue weighted by Gasteiger charge is 2.11. The van der Waals surface area contributed by atoms with E-state index in [9.17, 15) is 4.39 Å². The van der Waals surface area contributed by atoms with Gasteiger partial charge in [-0.2, -0.15) is 0 Å². The van der Waals surface area contributed by atoms with Gasteiger partial charge in [0.2, 0.25) is 0 Å². The highest BCUT2D eigenvalue weighted by molar-refractivity contribution is 8.01. The van der Waals surface area contributed by atoms with Gasteiger partial charge < -0.3 is 5.73 Å². The lowest BCUT2D eigenvalue weighted by Crippen LogP contribution is -2.06. The van der Waals surface area contributed by atoms with Gasteiger partial charge in [0.15, 0.2) is 4.34 Å². The average Bonchev–Trinajstić information content (AvgIpc) is 2.66. The van der Waals surface area contributed by atoms with E-state index in [1.165, 1.54) is 23.9 Å². The number of aromatic nitrogens is 1. The van der Waals surface area contributed by atoms with Crippen LogP contribution in [0.2, 0.25) is 0 Å². The first-order chi connectivity index (χ1) is 8.06. The van der Waals surface area contributed by atoms with Gasteiger partial charge in [0.25, 0.3) is 0 Å². The standard InChI is InChI=1S/C12H13FN2S2/c1-7-6-16-12(15-7)17-11-4-3-9(13)5-10(11)8(2)14/h3-6,8H,14H2,1-2H3/t8-/m1/s1. The molecule has 1 aromatic heterocycles. The number of halogens is 1. The fourth-order valence-corrected chi connectivity index (χ4v) is 3.44. The Balaban J connectivity index is 2.32. The largest absolute Gasteiger partial charge is 0.324 e. The zero-order valence-electron chi connectivity index (χ0n) is 9.61. The summed E-state index contributed by atoms with van der Waals surface area (Å²) < 4.78 is 14.1. The maximum Gasteiger partial charge on any atom is 0.154 e.